The van der Waals surface area contributed by atoms with E-state index in [0.717, 1.165) is 19.6 Å². The van der Waals surface area contributed by atoms with E-state index in [-0.39, 0.29) is 0 Å². The summed E-state index contributed by atoms with van der Waals surface area (Å²) < 4.78 is 0. The van der Waals surface area contributed by atoms with Gasteiger partial charge in [0.05, 0.1) is 0 Å². The molecule has 1 aromatic rings. The van der Waals surface area contributed by atoms with Gasteiger partial charge in [-0.25, -0.2) is 0 Å². The van der Waals surface area contributed by atoms with Crippen molar-refractivity contribution < 1.29 is 0 Å². The lowest BCUT2D eigenvalue weighted by Gasteiger charge is -2.44. The molecule has 0 saturated carbocycles. The number of rotatable bonds is 2. The molecule has 0 aromatic heterocycles. The number of nitrogens with zero attached hydrogens (tertiary/aromatic N) is 2. The van der Waals surface area contributed by atoms with E-state index in [1.165, 1.54) is 11.3 Å². The molecule has 1 aromatic carbocycles. The average Bonchev–Trinajstić information content (AvgIpc) is 2.31. The number of likely N-dealkylation sites (N-methyl/N-ethyl adjacent to an activating group) is 1. The van der Waals surface area contributed by atoms with Gasteiger partial charge in [0.1, 0.15) is 0 Å². The summed E-state index contributed by atoms with van der Waals surface area (Å²) >= 11 is 0. The lowest BCUT2D eigenvalue weighted by molar-refractivity contribution is 0.197. The third kappa shape index (κ3) is 2.61. The summed E-state index contributed by atoms with van der Waals surface area (Å²) in [6.45, 7) is 7.24. The third-order valence-corrected chi connectivity index (χ3v) is 3.75. The van der Waals surface area contributed by atoms with Crippen LogP contribution in [-0.2, 0) is 0 Å². The summed E-state index contributed by atoms with van der Waals surface area (Å²) in [7, 11) is 2.17. The largest absolute Gasteiger partial charge is 0.366 e. The molecule has 0 aliphatic carbocycles. The zero-order valence-electron chi connectivity index (χ0n) is 11.1. The molecule has 1 fully saturated rings. The summed E-state index contributed by atoms with van der Waals surface area (Å²) in [4.78, 5) is 4.84. The van der Waals surface area contributed by atoms with E-state index in [1.54, 1.807) is 0 Å². The van der Waals surface area contributed by atoms with Crippen molar-refractivity contribution in [3.63, 3.8) is 0 Å². The van der Waals surface area contributed by atoms with Crippen LogP contribution in [0.5, 0.6) is 0 Å². The molecular weight excluding hydrogens is 210 g/mol. The van der Waals surface area contributed by atoms with E-state index in [0.29, 0.717) is 12.1 Å². The lowest BCUT2D eigenvalue weighted by Crippen LogP contribution is -2.58. The molecule has 1 aliphatic heterocycles. The van der Waals surface area contributed by atoms with Crippen LogP contribution in [0.15, 0.2) is 24.3 Å². The molecule has 0 spiro atoms. The Morgan fingerprint density at radius 3 is 2.47 bits per heavy atom. The van der Waals surface area contributed by atoms with Crippen LogP contribution in [0.1, 0.15) is 12.5 Å². The molecule has 17 heavy (non-hydrogen) atoms. The van der Waals surface area contributed by atoms with Crippen molar-refractivity contribution in [1.29, 1.82) is 0 Å². The highest BCUT2D eigenvalue weighted by atomic mass is 15.3. The van der Waals surface area contributed by atoms with E-state index < -0.39 is 0 Å². The van der Waals surface area contributed by atoms with Gasteiger partial charge in [0, 0.05) is 37.4 Å². The van der Waals surface area contributed by atoms with E-state index >= 15 is 0 Å². The molecular formula is C14H23N3. The number of benzene rings is 1. The summed E-state index contributed by atoms with van der Waals surface area (Å²) in [6.07, 6.45) is 0. The molecule has 1 heterocycles. The summed E-state index contributed by atoms with van der Waals surface area (Å²) in [5.74, 6) is 0. The zero-order chi connectivity index (χ0) is 12.4. The van der Waals surface area contributed by atoms with Crippen LogP contribution in [0.3, 0.4) is 0 Å². The van der Waals surface area contributed by atoms with Gasteiger partial charge in [-0.05, 0) is 33.0 Å². The Hall–Kier alpha value is -1.06. The van der Waals surface area contributed by atoms with Crippen molar-refractivity contribution in [2.24, 2.45) is 5.73 Å². The van der Waals surface area contributed by atoms with Crippen molar-refractivity contribution in [3.8, 4) is 0 Å². The summed E-state index contributed by atoms with van der Waals surface area (Å²) in [5, 5.41) is 0. The first-order chi connectivity index (χ1) is 8.11. The highest BCUT2D eigenvalue weighted by Crippen LogP contribution is 2.22. The fourth-order valence-corrected chi connectivity index (χ4v) is 2.56. The van der Waals surface area contributed by atoms with Gasteiger partial charge in [-0.15, -0.1) is 0 Å². The highest BCUT2D eigenvalue weighted by Gasteiger charge is 2.28. The van der Waals surface area contributed by atoms with Crippen molar-refractivity contribution in [3.05, 3.63) is 29.8 Å². The molecule has 1 saturated heterocycles. The Morgan fingerprint density at radius 1 is 1.24 bits per heavy atom. The van der Waals surface area contributed by atoms with Crippen molar-refractivity contribution in [2.75, 3.05) is 31.6 Å². The highest BCUT2D eigenvalue weighted by molar-refractivity contribution is 5.49. The molecule has 0 amide bonds. The molecule has 3 heteroatoms. The average molecular weight is 233 g/mol. The zero-order valence-corrected chi connectivity index (χ0v) is 11.1. The lowest BCUT2D eigenvalue weighted by atomic mass is 10.1. The predicted octanol–water partition coefficient (Wildman–Crippen LogP) is 1.46. The Kier molecular flexibility index (Phi) is 3.69. The molecule has 1 aliphatic rings. The van der Waals surface area contributed by atoms with Gasteiger partial charge in [-0.1, -0.05) is 17.7 Å². The SMILES string of the molecule is Cc1ccc(N2CC(CN)N(C)CC2C)cc1. The van der Waals surface area contributed by atoms with Crippen LogP contribution >= 0.6 is 0 Å². The monoisotopic (exact) mass is 233 g/mol. The maximum absolute atomic E-state index is 5.84. The molecule has 2 unspecified atom stereocenters. The quantitative estimate of drug-likeness (QED) is 0.839. The minimum atomic E-state index is 0.465. The van der Waals surface area contributed by atoms with E-state index in [9.17, 15) is 0 Å². The van der Waals surface area contributed by atoms with Crippen molar-refractivity contribution in [1.82, 2.24) is 4.90 Å². The first-order valence-electron chi connectivity index (χ1n) is 6.35. The van der Waals surface area contributed by atoms with Gasteiger partial charge < -0.3 is 10.6 Å². The van der Waals surface area contributed by atoms with Crippen molar-refractivity contribution >= 4 is 5.69 Å². The molecule has 2 atom stereocenters. The maximum Gasteiger partial charge on any atom is 0.0391 e. The second-order valence-corrected chi connectivity index (χ2v) is 5.17. The van der Waals surface area contributed by atoms with Gasteiger partial charge in [0.25, 0.3) is 0 Å². The van der Waals surface area contributed by atoms with Gasteiger partial charge in [0.15, 0.2) is 0 Å². The Labute approximate surface area is 104 Å². The summed E-state index contributed by atoms with van der Waals surface area (Å²) in [5.41, 5.74) is 8.46. The number of piperazine rings is 1. The molecule has 0 bridgehead atoms. The normalized spacial score (nSPS) is 26.2. The van der Waals surface area contributed by atoms with Crippen LogP contribution in [-0.4, -0.2) is 43.7 Å². The fourth-order valence-electron chi connectivity index (χ4n) is 2.56. The Morgan fingerprint density at radius 2 is 1.88 bits per heavy atom. The predicted molar refractivity (Wildman–Crippen MR) is 73.5 cm³/mol. The first kappa shape index (κ1) is 12.4. The van der Waals surface area contributed by atoms with E-state index in [4.69, 9.17) is 5.73 Å². The maximum atomic E-state index is 5.84. The number of nitrogens with two attached hydrogens (primary N) is 1. The summed E-state index contributed by atoms with van der Waals surface area (Å²) in [6, 6.07) is 9.79. The van der Waals surface area contributed by atoms with Gasteiger partial charge in [-0.3, -0.25) is 4.90 Å². The fraction of sp³-hybridized carbons (Fsp3) is 0.571. The van der Waals surface area contributed by atoms with E-state index in [1.807, 2.05) is 0 Å². The first-order valence-corrected chi connectivity index (χ1v) is 6.35. The molecule has 2 N–H and O–H groups in total. The minimum absolute atomic E-state index is 0.465. The van der Waals surface area contributed by atoms with Crippen LogP contribution in [0.2, 0.25) is 0 Å². The van der Waals surface area contributed by atoms with Crippen LogP contribution in [0.4, 0.5) is 5.69 Å². The van der Waals surface area contributed by atoms with Gasteiger partial charge in [0.2, 0.25) is 0 Å². The van der Waals surface area contributed by atoms with Gasteiger partial charge >= 0.3 is 0 Å². The third-order valence-electron chi connectivity index (χ3n) is 3.75. The Bertz CT molecular complexity index is 360. The topological polar surface area (TPSA) is 32.5 Å². The smallest absolute Gasteiger partial charge is 0.0391 e. The molecule has 2 rings (SSSR count). The van der Waals surface area contributed by atoms with Crippen LogP contribution in [0, 0.1) is 6.92 Å². The standard InChI is InChI=1S/C14H23N3/c1-11-4-6-13(7-5-11)17-10-14(8-15)16(3)9-12(17)2/h4-7,12,14H,8-10,15H2,1-3H3. The minimum Gasteiger partial charge on any atom is -0.366 e. The van der Waals surface area contributed by atoms with Crippen molar-refractivity contribution in [2.45, 2.75) is 25.9 Å². The number of aryl methyl sites for hydroxylation is 1. The molecule has 94 valence electrons. The van der Waals surface area contributed by atoms with Gasteiger partial charge in [-0.2, -0.15) is 0 Å². The van der Waals surface area contributed by atoms with Crippen LogP contribution in [0.25, 0.3) is 0 Å². The second kappa shape index (κ2) is 5.07. The molecule has 3 nitrogen and oxygen atoms in total. The second-order valence-electron chi connectivity index (χ2n) is 5.17. The number of hydrogen-bond donors (Lipinski definition) is 1. The molecule has 0 radical (unpaired) electrons. The number of anilines is 1. The van der Waals surface area contributed by atoms with E-state index in [2.05, 4.69) is 55.0 Å². The van der Waals surface area contributed by atoms with Crippen LogP contribution < -0.4 is 10.6 Å². The Balaban J connectivity index is 2.17. The number of hydrogen-bond acceptors (Lipinski definition) is 3.